The zero-order chi connectivity index (χ0) is 15.2. The molecule has 2 saturated heterocycles. The van der Waals surface area contributed by atoms with Crippen LogP contribution in [0.4, 0.5) is 0 Å². The van der Waals surface area contributed by atoms with E-state index in [0.717, 1.165) is 51.7 Å². The third-order valence-corrected chi connectivity index (χ3v) is 4.91. The summed E-state index contributed by atoms with van der Waals surface area (Å²) < 4.78 is 0. The molecule has 1 N–H and O–H groups in total. The van der Waals surface area contributed by atoms with Crippen molar-refractivity contribution in [1.29, 1.82) is 0 Å². The van der Waals surface area contributed by atoms with Gasteiger partial charge in [-0.1, -0.05) is 6.92 Å². The number of likely N-dealkylation sites (tertiary alicyclic amines) is 2. The van der Waals surface area contributed by atoms with Gasteiger partial charge in [-0.25, -0.2) is 0 Å². The molecule has 5 heteroatoms. The van der Waals surface area contributed by atoms with Gasteiger partial charge in [-0.05, 0) is 51.0 Å². The van der Waals surface area contributed by atoms with Crippen LogP contribution in [0.2, 0.25) is 0 Å². The third kappa shape index (κ3) is 4.70. The number of carboxylic acid groups (broad SMARTS) is 1. The van der Waals surface area contributed by atoms with E-state index in [1.807, 2.05) is 0 Å². The Labute approximate surface area is 127 Å². The summed E-state index contributed by atoms with van der Waals surface area (Å²) in [5.74, 6) is -0.0127. The first-order chi connectivity index (χ1) is 10.1. The van der Waals surface area contributed by atoms with E-state index in [2.05, 4.69) is 16.7 Å². The van der Waals surface area contributed by atoms with Gasteiger partial charge >= 0.3 is 5.97 Å². The summed E-state index contributed by atoms with van der Waals surface area (Å²) >= 11 is 0. The summed E-state index contributed by atoms with van der Waals surface area (Å²) in [6.45, 7) is 5.39. The van der Waals surface area contributed by atoms with Crippen molar-refractivity contribution in [3.05, 3.63) is 0 Å². The van der Waals surface area contributed by atoms with Crippen LogP contribution in [0.3, 0.4) is 0 Å². The van der Waals surface area contributed by atoms with Crippen LogP contribution in [0.25, 0.3) is 0 Å². The molecule has 2 unspecified atom stereocenters. The molecular weight excluding hydrogens is 268 g/mol. The fourth-order valence-electron chi connectivity index (χ4n) is 3.66. The van der Waals surface area contributed by atoms with Gasteiger partial charge in [0, 0.05) is 25.6 Å². The van der Waals surface area contributed by atoms with Crippen molar-refractivity contribution >= 4 is 11.9 Å². The van der Waals surface area contributed by atoms with Gasteiger partial charge in [-0.2, -0.15) is 0 Å². The average molecular weight is 296 g/mol. The van der Waals surface area contributed by atoms with Crippen molar-refractivity contribution in [2.45, 2.75) is 57.9 Å². The van der Waals surface area contributed by atoms with Crippen LogP contribution >= 0.6 is 0 Å². The van der Waals surface area contributed by atoms with Gasteiger partial charge in [0.05, 0.1) is 6.54 Å². The molecule has 0 aromatic heterocycles. The highest BCUT2D eigenvalue weighted by atomic mass is 16.4. The number of amides is 1. The summed E-state index contributed by atoms with van der Waals surface area (Å²) in [4.78, 5) is 27.4. The minimum absolute atomic E-state index is 0.247. The van der Waals surface area contributed by atoms with E-state index in [1.54, 1.807) is 0 Å². The molecule has 2 aliphatic heterocycles. The van der Waals surface area contributed by atoms with Crippen LogP contribution in [-0.4, -0.2) is 59.0 Å². The van der Waals surface area contributed by atoms with Gasteiger partial charge in [0.1, 0.15) is 0 Å². The Bertz CT molecular complexity index is 373. The molecule has 2 heterocycles. The van der Waals surface area contributed by atoms with Crippen LogP contribution in [0.5, 0.6) is 0 Å². The Kier molecular flexibility index (Phi) is 6.03. The number of piperidine rings is 1. The Morgan fingerprint density at radius 3 is 2.71 bits per heavy atom. The largest absolute Gasteiger partial charge is 0.481 e. The summed E-state index contributed by atoms with van der Waals surface area (Å²) in [6.07, 6.45) is 6.57. The van der Waals surface area contributed by atoms with Gasteiger partial charge in [0.15, 0.2) is 0 Å². The summed E-state index contributed by atoms with van der Waals surface area (Å²) in [6, 6.07) is 0.427. The number of rotatable bonds is 6. The molecule has 0 saturated carbocycles. The average Bonchev–Trinajstić information content (AvgIpc) is 2.92. The number of hydrogen-bond donors (Lipinski definition) is 1. The molecule has 1 amide bonds. The lowest BCUT2D eigenvalue weighted by molar-refractivity contribution is -0.138. The molecule has 120 valence electrons. The van der Waals surface area contributed by atoms with Gasteiger partial charge < -0.3 is 10.0 Å². The van der Waals surface area contributed by atoms with Crippen molar-refractivity contribution < 1.29 is 14.7 Å². The molecule has 0 aromatic carbocycles. The van der Waals surface area contributed by atoms with Gasteiger partial charge in [0.25, 0.3) is 0 Å². The minimum Gasteiger partial charge on any atom is -0.481 e. The molecule has 0 spiro atoms. The molecule has 2 aliphatic rings. The number of carbonyl (C=O) groups excluding carboxylic acids is 1. The van der Waals surface area contributed by atoms with Gasteiger partial charge in [0.2, 0.25) is 5.91 Å². The molecule has 2 fully saturated rings. The van der Waals surface area contributed by atoms with Crippen molar-refractivity contribution in [2.24, 2.45) is 5.92 Å². The quantitative estimate of drug-likeness (QED) is 0.814. The topological polar surface area (TPSA) is 60.9 Å². The second-order valence-corrected chi connectivity index (χ2v) is 6.47. The van der Waals surface area contributed by atoms with Crippen molar-refractivity contribution in [1.82, 2.24) is 9.80 Å². The van der Waals surface area contributed by atoms with E-state index < -0.39 is 5.97 Å². The fourth-order valence-corrected chi connectivity index (χ4v) is 3.66. The smallest absolute Gasteiger partial charge is 0.303 e. The van der Waals surface area contributed by atoms with E-state index in [9.17, 15) is 9.59 Å². The predicted octanol–water partition coefficient (Wildman–Crippen LogP) is 1.96. The van der Waals surface area contributed by atoms with E-state index in [0.29, 0.717) is 18.5 Å². The lowest BCUT2D eigenvalue weighted by atomic mass is 10.00. The van der Waals surface area contributed by atoms with Crippen LogP contribution in [0, 0.1) is 5.92 Å². The van der Waals surface area contributed by atoms with Crippen LogP contribution in [0.1, 0.15) is 51.9 Å². The van der Waals surface area contributed by atoms with Crippen molar-refractivity contribution in [2.75, 3.05) is 26.2 Å². The normalized spacial score (nSPS) is 27.0. The van der Waals surface area contributed by atoms with Crippen molar-refractivity contribution in [3.8, 4) is 0 Å². The number of carbonyl (C=O) groups is 2. The summed E-state index contributed by atoms with van der Waals surface area (Å²) in [5.41, 5.74) is 0. The third-order valence-electron chi connectivity index (χ3n) is 4.91. The first-order valence-corrected chi connectivity index (χ1v) is 8.33. The van der Waals surface area contributed by atoms with E-state index >= 15 is 0 Å². The maximum Gasteiger partial charge on any atom is 0.303 e. The Hall–Kier alpha value is -1.10. The second-order valence-electron chi connectivity index (χ2n) is 6.47. The highest BCUT2D eigenvalue weighted by Gasteiger charge is 2.29. The van der Waals surface area contributed by atoms with E-state index in [-0.39, 0.29) is 12.3 Å². The van der Waals surface area contributed by atoms with Crippen molar-refractivity contribution in [3.63, 3.8) is 0 Å². The first kappa shape index (κ1) is 16.3. The number of nitrogens with zero attached hydrogens (tertiary/aromatic N) is 2. The molecule has 0 aromatic rings. The highest BCUT2D eigenvalue weighted by molar-refractivity contribution is 5.78. The molecule has 0 bridgehead atoms. The molecule has 5 nitrogen and oxygen atoms in total. The van der Waals surface area contributed by atoms with E-state index in [4.69, 9.17) is 5.11 Å². The molecule has 0 aliphatic carbocycles. The summed E-state index contributed by atoms with van der Waals surface area (Å²) in [5, 5.41) is 8.74. The Morgan fingerprint density at radius 1 is 1.19 bits per heavy atom. The SMILES string of the molecule is CCC1CCCCN1C(=O)CN1CCC(CCC(=O)O)C1. The predicted molar refractivity (Wildman–Crippen MR) is 81.1 cm³/mol. The molecular formula is C16H28N2O3. The maximum absolute atomic E-state index is 12.5. The lowest BCUT2D eigenvalue weighted by Gasteiger charge is -2.36. The highest BCUT2D eigenvalue weighted by Crippen LogP contribution is 2.23. The van der Waals surface area contributed by atoms with Gasteiger partial charge in [-0.15, -0.1) is 0 Å². The van der Waals surface area contributed by atoms with Crippen LogP contribution in [-0.2, 0) is 9.59 Å². The lowest BCUT2D eigenvalue weighted by Crippen LogP contribution is -2.47. The Morgan fingerprint density at radius 2 is 2.00 bits per heavy atom. The standard InChI is InChI=1S/C16H28N2O3/c1-2-14-5-3-4-9-18(14)15(19)12-17-10-8-13(11-17)6-7-16(20)21/h13-14H,2-12H2,1H3,(H,20,21). The zero-order valence-corrected chi connectivity index (χ0v) is 13.1. The number of carboxylic acids is 1. The first-order valence-electron chi connectivity index (χ1n) is 8.33. The van der Waals surface area contributed by atoms with Crippen LogP contribution < -0.4 is 0 Å². The molecule has 2 atom stereocenters. The molecule has 0 radical (unpaired) electrons. The number of hydrogen-bond acceptors (Lipinski definition) is 3. The fraction of sp³-hybridized carbons (Fsp3) is 0.875. The van der Waals surface area contributed by atoms with E-state index in [1.165, 1.54) is 6.42 Å². The minimum atomic E-state index is -0.719. The van der Waals surface area contributed by atoms with Gasteiger partial charge in [-0.3, -0.25) is 14.5 Å². The maximum atomic E-state index is 12.5. The zero-order valence-electron chi connectivity index (χ0n) is 13.1. The molecule has 21 heavy (non-hydrogen) atoms. The monoisotopic (exact) mass is 296 g/mol. The number of aliphatic carboxylic acids is 1. The Balaban J connectivity index is 1.76. The molecule has 2 rings (SSSR count). The second kappa shape index (κ2) is 7.78. The summed E-state index contributed by atoms with van der Waals surface area (Å²) in [7, 11) is 0. The van der Waals surface area contributed by atoms with Crippen LogP contribution in [0.15, 0.2) is 0 Å².